The molecule has 0 saturated carbocycles. The summed E-state index contributed by atoms with van der Waals surface area (Å²) in [6.07, 6.45) is -1.79. The average Bonchev–Trinajstić information content (AvgIpc) is 2.45. The zero-order valence-electron chi connectivity index (χ0n) is 13.2. The van der Waals surface area contributed by atoms with Crippen molar-refractivity contribution in [1.82, 2.24) is 5.32 Å². The van der Waals surface area contributed by atoms with Crippen molar-refractivity contribution in [3.05, 3.63) is 28.8 Å². The van der Waals surface area contributed by atoms with Crippen LogP contribution in [0.25, 0.3) is 0 Å². The standard InChI is InChI=1S/C16H25F2NO2/c1-5-19-14(8-9-21-10-15(17)18)13-7-6-11(2)12(3)16(13)20-4/h6-7,14-15,19H,5,8-10H2,1-4H3. The third kappa shape index (κ3) is 5.25. The van der Waals surface area contributed by atoms with Crippen molar-refractivity contribution in [2.45, 2.75) is 39.7 Å². The van der Waals surface area contributed by atoms with Gasteiger partial charge in [-0.1, -0.05) is 19.1 Å². The molecule has 0 aliphatic rings. The lowest BCUT2D eigenvalue weighted by atomic mass is 9.97. The highest BCUT2D eigenvalue weighted by Crippen LogP contribution is 2.32. The van der Waals surface area contributed by atoms with E-state index in [0.29, 0.717) is 6.42 Å². The smallest absolute Gasteiger partial charge is 0.261 e. The third-order valence-electron chi connectivity index (χ3n) is 3.53. The van der Waals surface area contributed by atoms with Crippen molar-refractivity contribution in [1.29, 1.82) is 0 Å². The molecule has 0 amide bonds. The van der Waals surface area contributed by atoms with E-state index >= 15 is 0 Å². The molecule has 120 valence electrons. The molecule has 1 aromatic rings. The lowest BCUT2D eigenvalue weighted by Crippen LogP contribution is -2.23. The fourth-order valence-corrected chi connectivity index (χ4v) is 2.34. The minimum Gasteiger partial charge on any atom is -0.496 e. The van der Waals surface area contributed by atoms with Crippen molar-refractivity contribution in [2.24, 2.45) is 0 Å². The summed E-state index contributed by atoms with van der Waals surface area (Å²) in [7, 11) is 1.65. The maximum atomic E-state index is 12.1. The Bertz CT molecular complexity index is 439. The maximum Gasteiger partial charge on any atom is 0.261 e. The van der Waals surface area contributed by atoms with Gasteiger partial charge in [0.25, 0.3) is 6.43 Å². The quantitative estimate of drug-likeness (QED) is 0.706. The van der Waals surface area contributed by atoms with Gasteiger partial charge < -0.3 is 14.8 Å². The molecule has 1 unspecified atom stereocenters. The molecule has 5 heteroatoms. The van der Waals surface area contributed by atoms with Crippen LogP contribution in [-0.2, 0) is 4.74 Å². The summed E-state index contributed by atoms with van der Waals surface area (Å²) in [5, 5.41) is 3.36. The van der Waals surface area contributed by atoms with Crippen LogP contribution in [0.5, 0.6) is 5.75 Å². The number of nitrogens with one attached hydrogen (secondary N) is 1. The van der Waals surface area contributed by atoms with Gasteiger partial charge in [-0.25, -0.2) is 8.78 Å². The summed E-state index contributed by atoms with van der Waals surface area (Å²) < 4.78 is 34.7. The van der Waals surface area contributed by atoms with Crippen LogP contribution in [-0.4, -0.2) is 33.3 Å². The lowest BCUT2D eigenvalue weighted by Gasteiger charge is -2.22. The molecule has 0 fully saturated rings. The Morgan fingerprint density at radius 3 is 2.52 bits per heavy atom. The molecule has 3 nitrogen and oxygen atoms in total. The van der Waals surface area contributed by atoms with Crippen molar-refractivity contribution < 1.29 is 18.3 Å². The molecule has 0 heterocycles. The van der Waals surface area contributed by atoms with Crippen LogP contribution in [0.15, 0.2) is 12.1 Å². The number of alkyl halides is 2. The highest BCUT2D eigenvalue weighted by atomic mass is 19.3. The molecule has 0 aromatic heterocycles. The Morgan fingerprint density at radius 1 is 1.24 bits per heavy atom. The molecule has 0 aliphatic carbocycles. The SMILES string of the molecule is CCNC(CCOCC(F)F)c1ccc(C)c(C)c1OC. The summed E-state index contributed by atoms with van der Waals surface area (Å²) >= 11 is 0. The van der Waals surface area contributed by atoms with E-state index in [1.54, 1.807) is 7.11 Å². The van der Waals surface area contributed by atoms with Gasteiger partial charge in [-0.05, 0) is 37.9 Å². The van der Waals surface area contributed by atoms with Gasteiger partial charge >= 0.3 is 0 Å². The molecule has 0 radical (unpaired) electrons. The predicted octanol–water partition coefficient (Wildman–Crippen LogP) is 3.63. The highest BCUT2D eigenvalue weighted by molar-refractivity contribution is 5.46. The van der Waals surface area contributed by atoms with E-state index in [2.05, 4.69) is 11.4 Å². The van der Waals surface area contributed by atoms with E-state index < -0.39 is 13.0 Å². The van der Waals surface area contributed by atoms with Crippen LogP contribution in [0.1, 0.15) is 36.1 Å². The van der Waals surface area contributed by atoms with E-state index in [1.165, 1.54) is 5.56 Å². The third-order valence-corrected chi connectivity index (χ3v) is 3.53. The average molecular weight is 301 g/mol. The maximum absolute atomic E-state index is 12.1. The molecule has 21 heavy (non-hydrogen) atoms. The number of ether oxygens (including phenoxy) is 2. The van der Waals surface area contributed by atoms with Crippen molar-refractivity contribution in [3.63, 3.8) is 0 Å². The molecule has 0 aliphatic heterocycles. The Labute approximate surface area is 125 Å². The second-order valence-electron chi connectivity index (χ2n) is 4.99. The molecule has 1 rings (SSSR count). The van der Waals surface area contributed by atoms with E-state index in [4.69, 9.17) is 9.47 Å². The molecule has 1 aromatic carbocycles. The number of hydrogen-bond acceptors (Lipinski definition) is 3. The second kappa shape index (κ2) is 8.95. The second-order valence-corrected chi connectivity index (χ2v) is 4.99. The van der Waals surface area contributed by atoms with Crippen molar-refractivity contribution in [2.75, 3.05) is 26.9 Å². The van der Waals surface area contributed by atoms with Crippen molar-refractivity contribution >= 4 is 0 Å². The first-order valence-corrected chi connectivity index (χ1v) is 7.24. The first-order valence-electron chi connectivity index (χ1n) is 7.24. The van der Waals surface area contributed by atoms with E-state index in [1.807, 2.05) is 26.8 Å². The topological polar surface area (TPSA) is 30.5 Å². The van der Waals surface area contributed by atoms with Gasteiger partial charge in [-0.2, -0.15) is 0 Å². The number of hydrogen-bond donors (Lipinski definition) is 1. The van der Waals surface area contributed by atoms with Crippen LogP contribution in [0.2, 0.25) is 0 Å². The van der Waals surface area contributed by atoms with E-state index in [-0.39, 0.29) is 12.6 Å². The first-order chi connectivity index (χ1) is 10.0. The predicted molar refractivity (Wildman–Crippen MR) is 80.3 cm³/mol. The largest absolute Gasteiger partial charge is 0.496 e. The fraction of sp³-hybridized carbons (Fsp3) is 0.625. The van der Waals surface area contributed by atoms with Gasteiger partial charge in [0.05, 0.1) is 7.11 Å². The Kier molecular flexibility index (Phi) is 7.61. The summed E-state index contributed by atoms with van der Waals surface area (Å²) in [5.74, 6) is 0.856. The molecule has 0 bridgehead atoms. The molecule has 0 saturated heterocycles. The number of rotatable bonds is 9. The number of methoxy groups -OCH3 is 1. The summed E-state index contributed by atoms with van der Waals surface area (Å²) in [6.45, 7) is 6.64. The van der Waals surface area contributed by atoms with Crippen LogP contribution in [0.4, 0.5) is 8.78 Å². The number of aryl methyl sites for hydroxylation is 1. The molecular formula is C16H25F2NO2. The van der Waals surface area contributed by atoms with Gasteiger partial charge in [0, 0.05) is 18.2 Å². The minimum absolute atomic E-state index is 0.0296. The molecule has 0 spiro atoms. The van der Waals surface area contributed by atoms with Crippen LogP contribution >= 0.6 is 0 Å². The summed E-state index contributed by atoms with van der Waals surface area (Å²) in [4.78, 5) is 0. The van der Waals surface area contributed by atoms with Gasteiger partial charge in [-0.3, -0.25) is 0 Å². The number of benzene rings is 1. The monoisotopic (exact) mass is 301 g/mol. The lowest BCUT2D eigenvalue weighted by molar-refractivity contribution is 0.0143. The van der Waals surface area contributed by atoms with Crippen LogP contribution < -0.4 is 10.1 Å². The molecule has 1 N–H and O–H groups in total. The van der Waals surface area contributed by atoms with Gasteiger partial charge in [0.1, 0.15) is 12.4 Å². The Balaban J connectivity index is 2.82. The van der Waals surface area contributed by atoms with Crippen LogP contribution in [0.3, 0.4) is 0 Å². The van der Waals surface area contributed by atoms with E-state index in [0.717, 1.165) is 23.4 Å². The van der Waals surface area contributed by atoms with Gasteiger partial charge in [0.15, 0.2) is 0 Å². The summed E-state index contributed by atoms with van der Waals surface area (Å²) in [6, 6.07) is 4.11. The fourth-order valence-electron chi connectivity index (χ4n) is 2.34. The number of halogens is 2. The molecular weight excluding hydrogens is 276 g/mol. The first kappa shape index (κ1) is 17.9. The minimum atomic E-state index is -2.42. The Hall–Kier alpha value is -1.20. The Morgan fingerprint density at radius 2 is 1.95 bits per heavy atom. The molecule has 1 atom stereocenters. The normalized spacial score (nSPS) is 12.7. The van der Waals surface area contributed by atoms with Gasteiger partial charge in [0.2, 0.25) is 0 Å². The van der Waals surface area contributed by atoms with E-state index in [9.17, 15) is 8.78 Å². The van der Waals surface area contributed by atoms with Crippen LogP contribution in [0, 0.1) is 13.8 Å². The van der Waals surface area contributed by atoms with Crippen molar-refractivity contribution in [3.8, 4) is 5.75 Å². The zero-order chi connectivity index (χ0) is 15.8. The highest BCUT2D eigenvalue weighted by Gasteiger charge is 2.18. The summed E-state index contributed by atoms with van der Waals surface area (Å²) in [5.41, 5.74) is 3.31. The van der Waals surface area contributed by atoms with Gasteiger partial charge in [-0.15, -0.1) is 0 Å². The zero-order valence-corrected chi connectivity index (χ0v) is 13.2.